The van der Waals surface area contributed by atoms with Crippen LogP contribution in [0.4, 0.5) is 0 Å². The van der Waals surface area contributed by atoms with Crippen LogP contribution in [-0.2, 0) is 0 Å². The second kappa shape index (κ2) is 3.66. The van der Waals surface area contributed by atoms with Crippen molar-refractivity contribution in [3.63, 3.8) is 0 Å². The van der Waals surface area contributed by atoms with E-state index in [1.807, 2.05) is 0 Å². The summed E-state index contributed by atoms with van der Waals surface area (Å²) in [7, 11) is 4.77. The van der Waals surface area contributed by atoms with Gasteiger partial charge in [-0.1, -0.05) is 9.39 Å². The van der Waals surface area contributed by atoms with Crippen molar-refractivity contribution in [2.75, 3.05) is 7.05 Å². The third kappa shape index (κ3) is 2.19. The summed E-state index contributed by atoms with van der Waals surface area (Å²) in [6.07, 6.45) is 4.20. The standard InChI is InChI=1S/C7H16NOP/c1-8(10)6-2-4-7(9)5-3-6/h6-7,9H,2-5,10H2,1H3. The van der Waals surface area contributed by atoms with Crippen LogP contribution in [0.5, 0.6) is 0 Å². The monoisotopic (exact) mass is 161 g/mol. The summed E-state index contributed by atoms with van der Waals surface area (Å²) in [4.78, 5) is 0. The minimum Gasteiger partial charge on any atom is -0.393 e. The average molecular weight is 161 g/mol. The summed E-state index contributed by atoms with van der Waals surface area (Å²) < 4.78 is 2.17. The van der Waals surface area contributed by atoms with Gasteiger partial charge in [0.2, 0.25) is 0 Å². The van der Waals surface area contributed by atoms with E-state index in [2.05, 4.69) is 21.1 Å². The van der Waals surface area contributed by atoms with Gasteiger partial charge in [0.25, 0.3) is 0 Å². The largest absolute Gasteiger partial charge is 0.393 e. The number of nitrogens with zero attached hydrogens (tertiary/aromatic N) is 1. The van der Waals surface area contributed by atoms with E-state index in [9.17, 15) is 5.11 Å². The predicted octanol–water partition coefficient (Wildman–Crippen LogP) is 1.01. The maximum absolute atomic E-state index is 9.18. The summed E-state index contributed by atoms with van der Waals surface area (Å²) in [6.45, 7) is 0. The van der Waals surface area contributed by atoms with Crippen LogP contribution in [0.3, 0.4) is 0 Å². The maximum atomic E-state index is 9.18. The Morgan fingerprint density at radius 1 is 1.30 bits per heavy atom. The van der Waals surface area contributed by atoms with Gasteiger partial charge in [-0.2, -0.15) is 0 Å². The van der Waals surface area contributed by atoms with Gasteiger partial charge < -0.3 is 5.11 Å². The van der Waals surface area contributed by atoms with Gasteiger partial charge in [-0.3, -0.25) is 4.67 Å². The van der Waals surface area contributed by atoms with E-state index in [1.165, 1.54) is 0 Å². The number of aliphatic hydroxyl groups is 1. The van der Waals surface area contributed by atoms with Gasteiger partial charge >= 0.3 is 0 Å². The molecule has 0 heterocycles. The molecule has 1 aliphatic carbocycles. The van der Waals surface area contributed by atoms with Crippen LogP contribution in [-0.4, -0.2) is 29.0 Å². The molecule has 1 atom stereocenters. The molecule has 2 nitrogen and oxygen atoms in total. The van der Waals surface area contributed by atoms with Crippen LogP contribution in [0.2, 0.25) is 0 Å². The van der Waals surface area contributed by atoms with E-state index in [1.54, 1.807) is 0 Å². The lowest BCUT2D eigenvalue weighted by Gasteiger charge is -2.29. The summed E-state index contributed by atoms with van der Waals surface area (Å²) in [6, 6.07) is 0.674. The van der Waals surface area contributed by atoms with Gasteiger partial charge in [-0.25, -0.2) is 0 Å². The van der Waals surface area contributed by atoms with Crippen molar-refractivity contribution >= 4 is 9.39 Å². The highest BCUT2D eigenvalue weighted by Crippen LogP contribution is 2.23. The van der Waals surface area contributed by atoms with Crippen LogP contribution in [0.15, 0.2) is 0 Å². The fraction of sp³-hybridized carbons (Fsp3) is 1.00. The predicted molar refractivity (Wildman–Crippen MR) is 45.7 cm³/mol. The van der Waals surface area contributed by atoms with E-state index in [4.69, 9.17) is 0 Å². The van der Waals surface area contributed by atoms with Crippen LogP contribution in [0.1, 0.15) is 25.7 Å². The van der Waals surface area contributed by atoms with Gasteiger partial charge in [0.05, 0.1) is 6.10 Å². The summed E-state index contributed by atoms with van der Waals surface area (Å²) in [5.41, 5.74) is 0. The number of hydrogen-bond acceptors (Lipinski definition) is 2. The smallest absolute Gasteiger partial charge is 0.0541 e. The molecule has 0 aromatic rings. The highest BCUT2D eigenvalue weighted by Gasteiger charge is 2.20. The summed E-state index contributed by atoms with van der Waals surface area (Å²) in [5, 5.41) is 9.18. The third-order valence-electron chi connectivity index (χ3n) is 2.24. The normalized spacial score (nSPS) is 34.8. The highest BCUT2D eigenvalue weighted by molar-refractivity contribution is 7.13. The quantitative estimate of drug-likeness (QED) is 0.580. The van der Waals surface area contributed by atoms with Crippen LogP contribution < -0.4 is 0 Å². The first-order valence-corrected chi connectivity index (χ1v) is 4.37. The Balaban J connectivity index is 2.26. The minimum absolute atomic E-state index is 0.0267. The molecular formula is C7H16NOP. The van der Waals surface area contributed by atoms with Crippen molar-refractivity contribution in [1.82, 2.24) is 4.67 Å². The molecule has 0 amide bonds. The molecule has 3 heteroatoms. The lowest BCUT2D eigenvalue weighted by molar-refractivity contribution is 0.106. The number of hydrogen-bond donors (Lipinski definition) is 1. The lowest BCUT2D eigenvalue weighted by atomic mass is 9.93. The number of rotatable bonds is 1. The fourth-order valence-corrected chi connectivity index (χ4v) is 1.76. The molecule has 1 fully saturated rings. The molecule has 0 spiro atoms. The molecule has 1 N–H and O–H groups in total. The van der Waals surface area contributed by atoms with Crippen molar-refractivity contribution in [2.45, 2.75) is 37.8 Å². The zero-order chi connectivity index (χ0) is 7.56. The minimum atomic E-state index is -0.0267. The SMILES string of the molecule is CN(P)C1CCC(O)CC1. The molecule has 1 rings (SSSR count). The van der Waals surface area contributed by atoms with Crippen molar-refractivity contribution in [3.8, 4) is 0 Å². The molecule has 60 valence electrons. The van der Waals surface area contributed by atoms with Gasteiger partial charge in [-0.05, 0) is 32.7 Å². The third-order valence-corrected chi connectivity index (χ3v) is 2.66. The highest BCUT2D eigenvalue weighted by atomic mass is 31.0. The van der Waals surface area contributed by atoms with Crippen molar-refractivity contribution < 1.29 is 5.11 Å². The van der Waals surface area contributed by atoms with Crippen molar-refractivity contribution in [2.24, 2.45) is 0 Å². The van der Waals surface area contributed by atoms with E-state index in [0.29, 0.717) is 6.04 Å². The van der Waals surface area contributed by atoms with Gasteiger partial charge in [-0.15, -0.1) is 0 Å². The molecule has 1 unspecified atom stereocenters. The molecular weight excluding hydrogens is 145 g/mol. The Hall–Kier alpha value is 0.350. The fourth-order valence-electron chi connectivity index (χ4n) is 1.47. The second-order valence-corrected chi connectivity index (χ2v) is 3.94. The van der Waals surface area contributed by atoms with Crippen LogP contribution in [0, 0.1) is 0 Å². The molecule has 1 aliphatic rings. The van der Waals surface area contributed by atoms with Gasteiger partial charge in [0.15, 0.2) is 0 Å². The Kier molecular flexibility index (Phi) is 3.09. The maximum Gasteiger partial charge on any atom is 0.0541 e. The Labute approximate surface area is 64.9 Å². The number of aliphatic hydroxyl groups excluding tert-OH is 1. The van der Waals surface area contributed by atoms with Gasteiger partial charge in [0.1, 0.15) is 0 Å². The first-order chi connectivity index (χ1) is 4.70. The molecule has 0 aliphatic heterocycles. The van der Waals surface area contributed by atoms with Gasteiger partial charge in [0, 0.05) is 6.04 Å². The lowest BCUT2D eigenvalue weighted by Crippen LogP contribution is -2.30. The zero-order valence-electron chi connectivity index (χ0n) is 6.45. The first-order valence-electron chi connectivity index (χ1n) is 3.85. The molecule has 1 saturated carbocycles. The topological polar surface area (TPSA) is 23.5 Å². The Morgan fingerprint density at radius 2 is 1.80 bits per heavy atom. The molecule has 0 radical (unpaired) electrons. The van der Waals surface area contributed by atoms with Crippen molar-refractivity contribution in [3.05, 3.63) is 0 Å². The zero-order valence-corrected chi connectivity index (χ0v) is 7.61. The van der Waals surface area contributed by atoms with E-state index in [-0.39, 0.29) is 6.10 Å². The molecule has 0 saturated heterocycles. The van der Waals surface area contributed by atoms with E-state index < -0.39 is 0 Å². The van der Waals surface area contributed by atoms with E-state index in [0.717, 1.165) is 25.7 Å². The summed E-state index contributed by atoms with van der Waals surface area (Å²) >= 11 is 0. The van der Waals surface area contributed by atoms with Crippen molar-refractivity contribution in [1.29, 1.82) is 0 Å². The van der Waals surface area contributed by atoms with E-state index >= 15 is 0 Å². The second-order valence-electron chi connectivity index (χ2n) is 3.13. The van der Waals surface area contributed by atoms with Crippen LogP contribution in [0.25, 0.3) is 0 Å². The Bertz CT molecular complexity index is 99.8. The van der Waals surface area contributed by atoms with Crippen LogP contribution >= 0.6 is 9.39 Å². The Morgan fingerprint density at radius 3 is 2.20 bits per heavy atom. The summed E-state index contributed by atoms with van der Waals surface area (Å²) in [5.74, 6) is 0. The molecule has 10 heavy (non-hydrogen) atoms. The molecule has 0 aromatic carbocycles. The molecule has 0 aromatic heterocycles. The average Bonchev–Trinajstić information content (AvgIpc) is 1.88. The molecule has 0 bridgehead atoms. The first kappa shape index (κ1) is 8.45.